The van der Waals surface area contributed by atoms with Crippen LogP contribution >= 0.6 is 0 Å². The zero-order valence-corrected chi connectivity index (χ0v) is 30.0. The number of hydrogen-bond donors (Lipinski definition) is 0. The van der Waals surface area contributed by atoms with Crippen molar-refractivity contribution in [2.45, 2.75) is 0 Å². The molecular formula is C54H34O. The van der Waals surface area contributed by atoms with Crippen molar-refractivity contribution in [3.05, 3.63) is 206 Å². The molecule has 0 spiro atoms. The van der Waals surface area contributed by atoms with E-state index in [9.17, 15) is 0 Å². The average molecular weight is 699 g/mol. The van der Waals surface area contributed by atoms with Crippen LogP contribution in [-0.2, 0) is 0 Å². The number of rotatable bonds is 5. The molecule has 0 unspecified atom stereocenters. The van der Waals surface area contributed by atoms with E-state index in [1.165, 1.54) is 82.4 Å². The van der Waals surface area contributed by atoms with E-state index in [1.807, 2.05) is 0 Å². The first-order chi connectivity index (χ1) is 27.2. The quantitative estimate of drug-likeness (QED) is 0.163. The molecule has 1 heteroatoms. The summed E-state index contributed by atoms with van der Waals surface area (Å²) in [5.41, 5.74) is 13.7. The fourth-order valence-corrected chi connectivity index (χ4v) is 8.41. The van der Waals surface area contributed by atoms with Crippen LogP contribution in [0.15, 0.2) is 211 Å². The lowest BCUT2D eigenvalue weighted by Gasteiger charge is -2.15. The Bertz CT molecular complexity index is 3240. The van der Waals surface area contributed by atoms with E-state index in [0.717, 1.165) is 27.5 Å². The molecule has 0 saturated carbocycles. The Balaban J connectivity index is 1.13. The van der Waals surface area contributed by atoms with Crippen LogP contribution in [0.25, 0.3) is 110 Å². The van der Waals surface area contributed by atoms with Gasteiger partial charge in [-0.3, -0.25) is 0 Å². The highest BCUT2D eigenvalue weighted by Gasteiger charge is 2.15. The van der Waals surface area contributed by atoms with Crippen LogP contribution in [-0.4, -0.2) is 0 Å². The molecule has 0 atom stereocenters. The molecule has 0 amide bonds. The predicted molar refractivity (Wildman–Crippen MR) is 233 cm³/mol. The highest BCUT2D eigenvalue weighted by atomic mass is 16.3. The molecule has 1 nitrogen and oxygen atoms in total. The van der Waals surface area contributed by atoms with Crippen molar-refractivity contribution in [2.24, 2.45) is 0 Å². The smallest absolute Gasteiger partial charge is 0.135 e. The highest BCUT2D eigenvalue weighted by molar-refractivity contribution is 6.14. The molecule has 11 aromatic rings. The van der Waals surface area contributed by atoms with Crippen molar-refractivity contribution < 1.29 is 4.42 Å². The summed E-state index contributed by atoms with van der Waals surface area (Å²) in [7, 11) is 0. The fourth-order valence-electron chi connectivity index (χ4n) is 8.41. The van der Waals surface area contributed by atoms with Crippen molar-refractivity contribution in [1.29, 1.82) is 0 Å². The minimum absolute atomic E-state index is 0.893. The third-order valence-electron chi connectivity index (χ3n) is 11.2. The first-order valence-corrected chi connectivity index (χ1v) is 18.9. The molecule has 0 bridgehead atoms. The summed E-state index contributed by atoms with van der Waals surface area (Å²) in [4.78, 5) is 0. The molecule has 0 saturated heterocycles. The molecular weight excluding hydrogens is 665 g/mol. The lowest BCUT2D eigenvalue weighted by Crippen LogP contribution is -1.89. The Labute approximate surface area is 319 Å². The largest absolute Gasteiger partial charge is 0.456 e. The molecule has 0 fully saturated rings. The summed E-state index contributed by atoms with van der Waals surface area (Å²) in [5.74, 6) is 0. The Morgan fingerprint density at radius 3 is 1.33 bits per heavy atom. The van der Waals surface area contributed by atoms with Gasteiger partial charge in [-0.05, 0) is 149 Å². The van der Waals surface area contributed by atoms with Crippen molar-refractivity contribution in [2.75, 3.05) is 0 Å². The maximum Gasteiger partial charge on any atom is 0.135 e. The van der Waals surface area contributed by atoms with Gasteiger partial charge in [0.25, 0.3) is 0 Å². The normalized spacial score (nSPS) is 11.6. The minimum atomic E-state index is 0.893. The molecule has 0 aliphatic heterocycles. The van der Waals surface area contributed by atoms with Crippen LogP contribution in [0.3, 0.4) is 0 Å². The van der Waals surface area contributed by atoms with Gasteiger partial charge in [-0.2, -0.15) is 0 Å². The summed E-state index contributed by atoms with van der Waals surface area (Å²) in [6, 6.07) is 75.0. The van der Waals surface area contributed by atoms with Crippen LogP contribution in [0.5, 0.6) is 0 Å². The fraction of sp³-hybridized carbons (Fsp3) is 0. The second-order valence-corrected chi connectivity index (χ2v) is 14.5. The number of hydrogen-bond acceptors (Lipinski definition) is 1. The van der Waals surface area contributed by atoms with E-state index in [2.05, 4.69) is 206 Å². The molecule has 0 aliphatic carbocycles. The van der Waals surface area contributed by atoms with Gasteiger partial charge in [-0.25, -0.2) is 0 Å². The maximum absolute atomic E-state index is 6.39. The molecule has 1 aromatic heterocycles. The Hall–Kier alpha value is -7.22. The van der Waals surface area contributed by atoms with Crippen molar-refractivity contribution in [3.63, 3.8) is 0 Å². The van der Waals surface area contributed by atoms with Gasteiger partial charge in [0.15, 0.2) is 0 Å². The topological polar surface area (TPSA) is 13.1 Å². The second kappa shape index (κ2) is 12.7. The average Bonchev–Trinajstić information content (AvgIpc) is 3.63. The Morgan fingerprint density at radius 2 is 0.691 bits per heavy atom. The highest BCUT2D eigenvalue weighted by Crippen LogP contribution is 2.41. The van der Waals surface area contributed by atoms with Crippen molar-refractivity contribution in [1.82, 2.24) is 0 Å². The van der Waals surface area contributed by atoms with E-state index in [0.29, 0.717) is 0 Å². The summed E-state index contributed by atoms with van der Waals surface area (Å²) < 4.78 is 6.39. The third-order valence-corrected chi connectivity index (χ3v) is 11.2. The van der Waals surface area contributed by atoms with Crippen molar-refractivity contribution in [3.8, 4) is 55.6 Å². The third kappa shape index (κ3) is 5.48. The first-order valence-electron chi connectivity index (χ1n) is 18.9. The lowest BCUT2D eigenvalue weighted by atomic mass is 9.88. The van der Waals surface area contributed by atoms with Gasteiger partial charge in [0.2, 0.25) is 0 Å². The zero-order valence-electron chi connectivity index (χ0n) is 30.0. The summed E-state index contributed by atoms with van der Waals surface area (Å²) in [6.45, 7) is 0. The molecule has 1 heterocycles. The van der Waals surface area contributed by atoms with Gasteiger partial charge in [0, 0.05) is 10.8 Å². The molecule has 11 rings (SSSR count). The van der Waals surface area contributed by atoms with E-state index >= 15 is 0 Å². The SMILES string of the molecule is c1ccc(-c2ccc3ccc(-c4cc(-c5ccc6oc7ccc(-c8ccccc8)cc7c6c5)cc(-c5cc6ccccc6c6ccccc56)c4)cc3c2)cc1. The van der Waals surface area contributed by atoms with Crippen LogP contribution in [0.1, 0.15) is 0 Å². The second-order valence-electron chi connectivity index (χ2n) is 14.5. The first kappa shape index (κ1) is 31.3. The molecule has 256 valence electrons. The monoisotopic (exact) mass is 698 g/mol. The van der Waals surface area contributed by atoms with Crippen molar-refractivity contribution >= 4 is 54.3 Å². The number of furan rings is 1. The lowest BCUT2D eigenvalue weighted by molar-refractivity contribution is 0.669. The van der Waals surface area contributed by atoms with E-state index in [4.69, 9.17) is 4.42 Å². The Morgan fingerprint density at radius 1 is 0.218 bits per heavy atom. The number of benzene rings is 10. The van der Waals surface area contributed by atoms with Crippen LogP contribution < -0.4 is 0 Å². The van der Waals surface area contributed by atoms with Gasteiger partial charge in [-0.1, -0.05) is 146 Å². The molecule has 10 aromatic carbocycles. The molecule has 0 radical (unpaired) electrons. The van der Waals surface area contributed by atoms with Gasteiger partial charge in [-0.15, -0.1) is 0 Å². The maximum atomic E-state index is 6.39. The van der Waals surface area contributed by atoms with Crippen LogP contribution in [0.2, 0.25) is 0 Å². The van der Waals surface area contributed by atoms with Gasteiger partial charge in [0.1, 0.15) is 11.2 Å². The van der Waals surface area contributed by atoms with Crippen LogP contribution in [0.4, 0.5) is 0 Å². The summed E-state index contributed by atoms with van der Waals surface area (Å²) in [5, 5.41) is 9.72. The van der Waals surface area contributed by atoms with E-state index < -0.39 is 0 Å². The van der Waals surface area contributed by atoms with E-state index in [-0.39, 0.29) is 0 Å². The molecule has 0 N–H and O–H groups in total. The summed E-state index contributed by atoms with van der Waals surface area (Å²) in [6.07, 6.45) is 0. The minimum Gasteiger partial charge on any atom is -0.456 e. The zero-order chi connectivity index (χ0) is 36.3. The van der Waals surface area contributed by atoms with E-state index in [1.54, 1.807) is 0 Å². The number of fused-ring (bicyclic) bond motifs is 7. The van der Waals surface area contributed by atoms with Gasteiger partial charge in [0.05, 0.1) is 0 Å². The molecule has 55 heavy (non-hydrogen) atoms. The van der Waals surface area contributed by atoms with Gasteiger partial charge < -0.3 is 4.42 Å². The van der Waals surface area contributed by atoms with Gasteiger partial charge >= 0.3 is 0 Å². The summed E-state index contributed by atoms with van der Waals surface area (Å²) >= 11 is 0. The Kier molecular flexibility index (Phi) is 7.25. The molecule has 0 aliphatic rings. The predicted octanol–water partition coefficient (Wildman–Crippen LogP) is 15.4. The standard InChI is InChI=1S/C54H34O/c1-3-11-35(12-4-1)38-21-19-37-20-22-39(28-43(37)27-38)44-29-45(31-46(30-44)50-34-42-15-7-8-16-47(42)48-17-9-10-18-49(48)50)41-24-26-54-52(33-41)51-32-40(23-25-53(51)55-54)36-13-5-2-6-14-36/h1-34H. The van der Waals surface area contributed by atoms with Crippen LogP contribution in [0, 0.1) is 0 Å².